The van der Waals surface area contributed by atoms with Crippen molar-refractivity contribution < 1.29 is 14.3 Å². The van der Waals surface area contributed by atoms with Crippen molar-refractivity contribution in [1.82, 2.24) is 0 Å². The summed E-state index contributed by atoms with van der Waals surface area (Å²) in [4.78, 5) is 13.8. The lowest BCUT2D eigenvalue weighted by Gasteiger charge is -2.34. The second-order valence-electron chi connectivity index (χ2n) is 5.23. The SMILES string of the molecule is CC1(C)C(N)CC(=O)N1c1ccc2c(c1)OCO2. The molecular weight excluding hydrogens is 232 g/mol. The molecule has 1 saturated heterocycles. The molecule has 1 fully saturated rings. The summed E-state index contributed by atoms with van der Waals surface area (Å²) >= 11 is 0. The Morgan fingerprint density at radius 3 is 2.72 bits per heavy atom. The molecule has 0 aliphatic carbocycles. The molecule has 0 bridgehead atoms. The van der Waals surface area contributed by atoms with Gasteiger partial charge < -0.3 is 20.1 Å². The number of carbonyl (C=O) groups is 1. The van der Waals surface area contributed by atoms with Crippen LogP contribution in [-0.2, 0) is 4.79 Å². The van der Waals surface area contributed by atoms with Crippen LogP contribution in [0.1, 0.15) is 20.3 Å². The van der Waals surface area contributed by atoms with Gasteiger partial charge in [-0.1, -0.05) is 0 Å². The minimum absolute atomic E-state index is 0.0476. The van der Waals surface area contributed by atoms with Gasteiger partial charge in [0.2, 0.25) is 12.7 Å². The highest BCUT2D eigenvalue weighted by Crippen LogP contribution is 2.40. The lowest BCUT2D eigenvalue weighted by molar-refractivity contribution is -0.117. The first-order chi connectivity index (χ1) is 8.50. The van der Waals surface area contributed by atoms with E-state index in [1.807, 2.05) is 32.0 Å². The standard InChI is InChI=1S/C13H16N2O3/c1-13(2)11(14)6-12(16)15(13)8-3-4-9-10(5-8)18-7-17-9/h3-5,11H,6-7,14H2,1-2H3. The number of rotatable bonds is 1. The van der Waals surface area contributed by atoms with Gasteiger partial charge >= 0.3 is 0 Å². The summed E-state index contributed by atoms with van der Waals surface area (Å²) in [5.74, 6) is 1.44. The van der Waals surface area contributed by atoms with Crippen LogP contribution in [0.2, 0.25) is 0 Å². The van der Waals surface area contributed by atoms with Crippen LogP contribution in [0.5, 0.6) is 11.5 Å². The van der Waals surface area contributed by atoms with Crippen LogP contribution in [0, 0.1) is 0 Å². The Morgan fingerprint density at radius 2 is 2.06 bits per heavy atom. The third kappa shape index (κ3) is 1.47. The smallest absolute Gasteiger partial charge is 0.231 e. The zero-order chi connectivity index (χ0) is 12.9. The molecule has 0 saturated carbocycles. The van der Waals surface area contributed by atoms with Gasteiger partial charge in [-0.15, -0.1) is 0 Å². The van der Waals surface area contributed by atoms with E-state index in [1.165, 1.54) is 0 Å². The number of benzene rings is 1. The quantitative estimate of drug-likeness (QED) is 0.812. The first-order valence-electron chi connectivity index (χ1n) is 5.98. The highest BCUT2D eigenvalue weighted by Gasteiger charge is 2.45. The molecule has 0 aromatic heterocycles. The number of ether oxygens (including phenoxy) is 2. The van der Waals surface area contributed by atoms with Crippen LogP contribution < -0.4 is 20.1 Å². The van der Waals surface area contributed by atoms with Crippen molar-refractivity contribution in [3.8, 4) is 11.5 Å². The Kier molecular flexibility index (Phi) is 2.28. The van der Waals surface area contributed by atoms with E-state index in [9.17, 15) is 4.79 Å². The highest BCUT2D eigenvalue weighted by atomic mass is 16.7. The number of nitrogens with two attached hydrogens (primary N) is 1. The summed E-state index contributed by atoms with van der Waals surface area (Å²) in [6.07, 6.45) is 0.376. The molecular formula is C13H16N2O3. The molecule has 2 aliphatic rings. The molecule has 18 heavy (non-hydrogen) atoms. The van der Waals surface area contributed by atoms with Crippen LogP contribution in [0.4, 0.5) is 5.69 Å². The van der Waals surface area contributed by atoms with E-state index in [1.54, 1.807) is 4.90 Å². The van der Waals surface area contributed by atoms with Gasteiger partial charge in [-0.05, 0) is 26.0 Å². The van der Waals surface area contributed by atoms with Gasteiger partial charge in [0.05, 0.1) is 5.54 Å². The molecule has 3 rings (SSSR count). The average Bonchev–Trinajstić information content (AvgIpc) is 2.82. The van der Waals surface area contributed by atoms with Gasteiger partial charge in [-0.2, -0.15) is 0 Å². The molecule has 2 aliphatic heterocycles. The molecule has 5 nitrogen and oxygen atoms in total. The number of hydrogen-bond acceptors (Lipinski definition) is 4. The van der Waals surface area contributed by atoms with Crippen LogP contribution in [0.3, 0.4) is 0 Å². The zero-order valence-electron chi connectivity index (χ0n) is 10.5. The Bertz CT molecular complexity index is 513. The fourth-order valence-corrected chi connectivity index (χ4v) is 2.52. The second kappa shape index (κ2) is 3.62. The molecule has 96 valence electrons. The molecule has 1 aromatic rings. The Morgan fingerprint density at radius 1 is 1.33 bits per heavy atom. The molecule has 1 aromatic carbocycles. The maximum absolute atomic E-state index is 12.1. The second-order valence-corrected chi connectivity index (χ2v) is 5.23. The summed E-state index contributed by atoms with van der Waals surface area (Å²) in [5.41, 5.74) is 6.45. The van der Waals surface area contributed by atoms with Gasteiger partial charge in [-0.25, -0.2) is 0 Å². The molecule has 1 unspecified atom stereocenters. The van der Waals surface area contributed by atoms with Gasteiger partial charge in [0.25, 0.3) is 0 Å². The normalized spacial score (nSPS) is 24.7. The van der Waals surface area contributed by atoms with Crippen molar-refractivity contribution in [2.45, 2.75) is 31.8 Å². The monoisotopic (exact) mass is 248 g/mol. The topological polar surface area (TPSA) is 64.8 Å². The number of hydrogen-bond donors (Lipinski definition) is 1. The third-order valence-corrected chi connectivity index (χ3v) is 3.74. The van der Waals surface area contributed by atoms with Crippen LogP contribution in [0.25, 0.3) is 0 Å². The summed E-state index contributed by atoms with van der Waals surface area (Å²) in [5, 5.41) is 0. The molecule has 2 N–H and O–H groups in total. The predicted octanol–water partition coefficient (Wildman–Crippen LogP) is 1.26. The summed E-state index contributed by atoms with van der Waals surface area (Å²) in [6.45, 7) is 4.19. The lowest BCUT2D eigenvalue weighted by Crippen LogP contribution is -2.49. The summed E-state index contributed by atoms with van der Waals surface area (Å²) in [6, 6.07) is 5.37. The average molecular weight is 248 g/mol. The molecule has 2 heterocycles. The molecule has 0 radical (unpaired) electrons. The van der Waals surface area contributed by atoms with E-state index in [-0.39, 0.29) is 24.3 Å². The fourth-order valence-electron chi connectivity index (χ4n) is 2.52. The fraction of sp³-hybridized carbons (Fsp3) is 0.462. The lowest BCUT2D eigenvalue weighted by atomic mass is 9.96. The number of fused-ring (bicyclic) bond motifs is 1. The minimum atomic E-state index is -0.384. The third-order valence-electron chi connectivity index (χ3n) is 3.74. The van der Waals surface area contributed by atoms with Crippen molar-refractivity contribution in [3.05, 3.63) is 18.2 Å². The van der Waals surface area contributed by atoms with Crippen molar-refractivity contribution >= 4 is 11.6 Å². The first-order valence-corrected chi connectivity index (χ1v) is 5.98. The van der Waals surface area contributed by atoms with Crippen molar-refractivity contribution in [3.63, 3.8) is 0 Å². The van der Waals surface area contributed by atoms with Crippen molar-refractivity contribution in [1.29, 1.82) is 0 Å². The van der Waals surface area contributed by atoms with Crippen LogP contribution in [0.15, 0.2) is 18.2 Å². The Hall–Kier alpha value is -1.75. The van der Waals surface area contributed by atoms with Gasteiger partial charge in [0.15, 0.2) is 11.5 Å². The molecule has 1 atom stereocenters. The van der Waals surface area contributed by atoms with Crippen molar-refractivity contribution in [2.24, 2.45) is 5.73 Å². The maximum Gasteiger partial charge on any atom is 0.231 e. The van der Waals surface area contributed by atoms with Gasteiger partial charge in [0.1, 0.15) is 0 Å². The minimum Gasteiger partial charge on any atom is -0.454 e. The van der Waals surface area contributed by atoms with E-state index < -0.39 is 0 Å². The van der Waals surface area contributed by atoms with Crippen LogP contribution >= 0.6 is 0 Å². The predicted molar refractivity (Wildman–Crippen MR) is 66.7 cm³/mol. The summed E-state index contributed by atoms with van der Waals surface area (Å²) < 4.78 is 10.6. The Labute approximate surface area is 105 Å². The van der Waals surface area contributed by atoms with Gasteiger partial charge in [0, 0.05) is 24.2 Å². The zero-order valence-corrected chi connectivity index (χ0v) is 10.5. The number of carbonyl (C=O) groups excluding carboxylic acids is 1. The molecule has 0 spiro atoms. The Balaban J connectivity index is 2.02. The number of amides is 1. The van der Waals surface area contributed by atoms with Gasteiger partial charge in [-0.3, -0.25) is 4.79 Å². The van der Waals surface area contributed by atoms with Crippen molar-refractivity contribution in [2.75, 3.05) is 11.7 Å². The first kappa shape index (κ1) is 11.3. The van der Waals surface area contributed by atoms with E-state index in [0.717, 1.165) is 5.69 Å². The van der Waals surface area contributed by atoms with E-state index >= 15 is 0 Å². The summed E-state index contributed by atoms with van der Waals surface area (Å²) in [7, 11) is 0. The van der Waals surface area contributed by atoms with Crippen LogP contribution in [-0.4, -0.2) is 24.3 Å². The maximum atomic E-state index is 12.1. The largest absolute Gasteiger partial charge is 0.454 e. The van der Waals surface area contributed by atoms with E-state index in [2.05, 4.69) is 0 Å². The molecule has 1 amide bonds. The molecule has 5 heteroatoms. The number of anilines is 1. The van der Waals surface area contributed by atoms with E-state index in [0.29, 0.717) is 17.9 Å². The highest BCUT2D eigenvalue weighted by molar-refractivity contribution is 5.98. The number of nitrogens with zero attached hydrogens (tertiary/aromatic N) is 1. The van der Waals surface area contributed by atoms with E-state index in [4.69, 9.17) is 15.2 Å².